The van der Waals surface area contributed by atoms with Crippen LogP contribution in [0.3, 0.4) is 0 Å². The molecule has 36 heavy (non-hydrogen) atoms. The summed E-state index contributed by atoms with van der Waals surface area (Å²) in [5.74, 6) is -0.553. The van der Waals surface area contributed by atoms with Crippen molar-refractivity contribution in [3.63, 3.8) is 0 Å². The number of amides is 1. The van der Waals surface area contributed by atoms with Gasteiger partial charge in [0.05, 0.1) is 35.9 Å². The molecule has 0 aliphatic carbocycles. The fourth-order valence-electron chi connectivity index (χ4n) is 4.38. The Morgan fingerprint density at radius 1 is 0.944 bits per heavy atom. The molecule has 1 amide bonds. The number of benzene rings is 3. The van der Waals surface area contributed by atoms with Crippen LogP contribution in [0.25, 0.3) is 5.76 Å². The number of rotatable bonds is 7. The van der Waals surface area contributed by atoms with Crippen molar-refractivity contribution in [1.29, 1.82) is 0 Å². The van der Waals surface area contributed by atoms with E-state index < -0.39 is 17.7 Å². The lowest BCUT2D eigenvalue weighted by molar-refractivity contribution is -0.139. The molecule has 8 heteroatoms. The van der Waals surface area contributed by atoms with E-state index in [2.05, 4.69) is 0 Å². The first-order chi connectivity index (χ1) is 17.2. The zero-order valence-electron chi connectivity index (χ0n) is 20.0. The molecule has 0 saturated carbocycles. The van der Waals surface area contributed by atoms with Crippen LogP contribution in [0.2, 0.25) is 10.0 Å². The van der Waals surface area contributed by atoms with Gasteiger partial charge in [0.25, 0.3) is 11.7 Å². The van der Waals surface area contributed by atoms with Crippen LogP contribution in [0.15, 0.2) is 66.2 Å². The molecule has 1 heterocycles. The van der Waals surface area contributed by atoms with Crippen LogP contribution in [-0.4, -0.2) is 42.5 Å². The number of aliphatic hydroxyl groups excluding tert-OH is 1. The summed E-state index contributed by atoms with van der Waals surface area (Å²) in [5.41, 5.74) is 2.91. The van der Waals surface area contributed by atoms with Crippen molar-refractivity contribution in [2.45, 2.75) is 19.4 Å². The number of hydrogen-bond acceptors (Lipinski definition) is 5. The summed E-state index contributed by atoms with van der Waals surface area (Å²) in [6, 6.07) is 16.9. The number of likely N-dealkylation sites (tertiary alicyclic amines) is 1. The van der Waals surface area contributed by atoms with Crippen molar-refractivity contribution in [3.8, 4) is 11.5 Å². The molecule has 6 nitrogen and oxygen atoms in total. The fraction of sp³-hybridized carbons (Fsp3) is 0.214. The molecular weight excluding hydrogens is 501 g/mol. The molecule has 1 aliphatic rings. The highest BCUT2D eigenvalue weighted by molar-refractivity contribution is 6.46. The molecule has 0 bridgehead atoms. The molecule has 3 aromatic rings. The molecule has 1 unspecified atom stereocenters. The van der Waals surface area contributed by atoms with Crippen LogP contribution >= 0.6 is 23.2 Å². The maximum absolute atomic E-state index is 13.2. The number of methoxy groups -OCH3 is 2. The summed E-state index contributed by atoms with van der Waals surface area (Å²) >= 11 is 12.2. The highest BCUT2D eigenvalue weighted by Gasteiger charge is 2.45. The minimum absolute atomic E-state index is 0.0105. The number of ketones is 1. The van der Waals surface area contributed by atoms with E-state index in [1.807, 2.05) is 43.3 Å². The van der Waals surface area contributed by atoms with Crippen molar-refractivity contribution < 1.29 is 24.2 Å². The normalized spacial score (nSPS) is 16.9. The Morgan fingerprint density at radius 2 is 1.69 bits per heavy atom. The SMILES string of the molecule is COc1ccc(CCN2C(=O)C(=O)/C(=C(\O)c3ccc(Cl)c(Cl)c3)C2c2cccc(C)c2)cc1OC. The molecule has 0 radical (unpaired) electrons. The van der Waals surface area contributed by atoms with Gasteiger partial charge in [-0.2, -0.15) is 0 Å². The van der Waals surface area contributed by atoms with Crippen molar-refractivity contribution in [3.05, 3.63) is 98.5 Å². The highest BCUT2D eigenvalue weighted by atomic mass is 35.5. The van der Waals surface area contributed by atoms with E-state index in [1.54, 1.807) is 26.4 Å². The molecule has 4 rings (SSSR count). The second-order valence-corrected chi connectivity index (χ2v) is 9.29. The van der Waals surface area contributed by atoms with E-state index in [0.717, 1.165) is 16.7 Å². The first-order valence-corrected chi connectivity index (χ1v) is 12.0. The van der Waals surface area contributed by atoms with E-state index >= 15 is 0 Å². The van der Waals surface area contributed by atoms with E-state index in [0.29, 0.717) is 28.5 Å². The van der Waals surface area contributed by atoms with Crippen molar-refractivity contribution in [2.75, 3.05) is 20.8 Å². The molecular formula is C28H25Cl2NO5. The Morgan fingerprint density at radius 3 is 2.36 bits per heavy atom. The van der Waals surface area contributed by atoms with E-state index in [1.165, 1.54) is 17.0 Å². The van der Waals surface area contributed by atoms with Gasteiger partial charge in [-0.1, -0.05) is 59.1 Å². The molecule has 1 aliphatic heterocycles. The Balaban J connectivity index is 1.76. The average Bonchev–Trinajstić information content (AvgIpc) is 3.13. The van der Waals surface area contributed by atoms with Gasteiger partial charge in [-0.3, -0.25) is 9.59 Å². The van der Waals surface area contributed by atoms with Crippen LogP contribution in [-0.2, 0) is 16.0 Å². The maximum atomic E-state index is 13.2. The Labute approximate surface area is 219 Å². The number of ether oxygens (including phenoxy) is 2. The van der Waals surface area contributed by atoms with Gasteiger partial charge in [0.1, 0.15) is 5.76 Å². The average molecular weight is 526 g/mol. The number of nitrogens with zero attached hydrogens (tertiary/aromatic N) is 1. The van der Waals surface area contributed by atoms with Gasteiger partial charge >= 0.3 is 0 Å². The molecule has 1 saturated heterocycles. The smallest absolute Gasteiger partial charge is 0.295 e. The van der Waals surface area contributed by atoms with Gasteiger partial charge in [0.15, 0.2) is 11.5 Å². The molecule has 186 valence electrons. The van der Waals surface area contributed by atoms with Crippen LogP contribution < -0.4 is 9.47 Å². The number of carbonyl (C=O) groups is 2. The summed E-state index contributed by atoms with van der Waals surface area (Å²) in [5, 5.41) is 11.8. The molecule has 0 spiro atoms. The van der Waals surface area contributed by atoms with Gasteiger partial charge in [-0.15, -0.1) is 0 Å². The largest absolute Gasteiger partial charge is 0.507 e. The quantitative estimate of drug-likeness (QED) is 0.233. The summed E-state index contributed by atoms with van der Waals surface area (Å²) in [6.45, 7) is 2.18. The van der Waals surface area contributed by atoms with Crippen LogP contribution in [0.1, 0.15) is 28.3 Å². The van der Waals surface area contributed by atoms with E-state index in [4.69, 9.17) is 32.7 Å². The van der Waals surface area contributed by atoms with Gasteiger partial charge in [-0.05, 0) is 54.8 Å². The van der Waals surface area contributed by atoms with Gasteiger partial charge in [0, 0.05) is 12.1 Å². The Bertz CT molecular complexity index is 1370. The van der Waals surface area contributed by atoms with Crippen LogP contribution in [0, 0.1) is 6.92 Å². The van der Waals surface area contributed by atoms with Crippen LogP contribution in [0.4, 0.5) is 0 Å². The number of Topliss-reactive ketones (excluding diaryl/α,β-unsaturated/α-hetero) is 1. The summed E-state index contributed by atoms with van der Waals surface area (Å²) in [4.78, 5) is 28.0. The van der Waals surface area contributed by atoms with Crippen molar-refractivity contribution >= 4 is 40.7 Å². The minimum atomic E-state index is -0.764. The third-order valence-corrected chi connectivity index (χ3v) is 6.92. The van der Waals surface area contributed by atoms with Crippen molar-refractivity contribution in [1.82, 2.24) is 4.90 Å². The molecule has 1 N–H and O–H groups in total. The minimum Gasteiger partial charge on any atom is -0.507 e. The zero-order valence-corrected chi connectivity index (χ0v) is 21.6. The number of aryl methyl sites for hydroxylation is 1. The lowest BCUT2D eigenvalue weighted by Crippen LogP contribution is -2.31. The predicted molar refractivity (Wildman–Crippen MR) is 140 cm³/mol. The highest BCUT2D eigenvalue weighted by Crippen LogP contribution is 2.40. The number of halogens is 2. The summed E-state index contributed by atoms with van der Waals surface area (Å²) in [7, 11) is 3.12. The maximum Gasteiger partial charge on any atom is 0.295 e. The Kier molecular flexibility index (Phi) is 7.57. The van der Waals surface area contributed by atoms with E-state index in [-0.39, 0.29) is 22.9 Å². The topological polar surface area (TPSA) is 76.1 Å². The third kappa shape index (κ3) is 4.92. The first kappa shape index (κ1) is 25.6. The Hall–Kier alpha value is -3.48. The van der Waals surface area contributed by atoms with Crippen molar-refractivity contribution in [2.24, 2.45) is 0 Å². The lowest BCUT2D eigenvalue weighted by atomic mass is 9.94. The van der Waals surface area contributed by atoms with E-state index in [9.17, 15) is 14.7 Å². The molecule has 1 atom stereocenters. The predicted octanol–water partition coefficient (Wildman–Crippen LogP) is 5.98. The molecule has 0 aromatic heterocycles. The van der Waals surface area contributed by atoms with Gasteiger partial charge in [-0.25, -0.2) is 0 Å². The third-order valence-electron chi connectivity index (χ3n) is 6.18. The van der Waals surface area contributed by atoms with Gasteiger partial charge in [0.2, 0.25) is 0 Å². The summed E-state index contributed by atoms with van der Waals surface area (Å²) < 4.78 is 10.7. The fourth-order valence-corrected chi connectivity index (χ4v) is 4.68. The number of carbonyl (C=O) groups excluding carboxylic acids is 2. The number of hydrogen-bond donors (Lipinski definition) is 1. The van der Waals surface area contributed by atoms with Crippen LogP contribution in [0.5, 0.6) is 11.5 Å². The lowest BCUT2D eigenvalue weighted by Gasteiger charge is -2.26. The summed E-state index contributed by atoms with van der Waals surface area (Å²) in [6.07, 6.45) is 0.461. The van der Waals surface area contributed by atoms with Gasteiger partial charge < -0.3 is 19.5 Å². The first-order valence-electron chi connectivity index (χ1n) is 11.3. The zero-order chi connectivity index (χ0) is 26.0. The second kappa shape index (κ2) is 10.6. The molecule has 1 fully saturated rings. The second-order valence-electron chi connectivity index (χ2n) is 8.47. The number of aliphatic hydroxyl groups is 1. The standard InChI is InChI=1S/C28H25Cl2NO5/c1-16-5-4-6-18(13-16)25-24(26(32)19-8-9-20(29)21(30)15-19)27(33)28(34)31(25)12-11-17-7-10-22(35-2)23(14-17)36-3/h4-10,13-15,25,32H,11-12H2,1-3H3/b26-24-. The molecule has 3 aromatic carbocycles. The monoisotopic (exact) mass is 525 g/mol.